The summed E-state index contributed by atoms with van der Waals surface area (Å²) in [6.45, 7) is -0.0344. The Hall–Kier alpha value is -2.27. The molecule has 0 saturated carbocycles. The molecule has 0 aliphatic heterocycles. The number of hydrogen-bond donors (Lipinski definition) is 1. The highest BCUT2D eigenvalue weighted by molar-refractivity contribution is 5.73. The van der Waals surface area contributed by atoms with E-state index in [1.807, 2.05) is 0 Å². The Labute approximate surface area is 112 Å². The summed E-state index contributed by atoms with van der Waals surface area (Å²) in [5, 5.41) is 8.82. The van der Waals surface area contributed by atoms with Gasteiger partial charge in [0, 0.05) is 6.54 Å². The van der Waals surface area contributed by atoms with Crippen LogP contribution in [-0.2, 0) is 22.5 Å². The number of halogens is 3. The topological polar surface area (TPSA) is 85.3 Å². The van der Waals surface area contributed by atoms with Gasteiger partial charge in [-0.2, -0.15) is 5.26 Å². The highest BCUT2D eigenvalue weighted by atomic mass is 19.4. The predicted octanol–water partition coefficient (Wildman–Crippen LogP) is 1.63. The van der Waals surface area contributed by atoms with E-state index in [0.717, 1.165) is 13.2 Å². The van der Waals surface area contributed by atoms with Gasteiger partial charge in [0.05, 0.1) is 19.1 Å². The average Bonchev–Trinajstić information content (AvgIpc) is 2.37. The Bertz CT molecular complexity index is 550. The molecule has 2 N–H and O–H groups in total. The molecule has 108 valence electrons. The first-order valence-corrected chi connectivity index (χ1v) is 5.39. The SMILES string of the molecule is COC(=O)Cc1cc(OC(F)(F)F)c(C#N)cc1CN. The molecule has 8 heteroatoms. The van der Waals surface area contributed by atoms with Gasteiger partial charge < -0.3 is 15.2 Å². The molecule has 0 spiro atoms. The molecular formula is C12H11F3N2O3. The van der Waals surface area contributed by atoms with Crippen LogP contribution < -0.4 is 10.5 Å². The van der Waals surface area contributed by atoms with Crippen LogP contribution in [0, 0.1) is 11.3 Å². The maximum absolute atomic E-state index is 12.3. The van der Waals surface area contributed by atoms with Crippen LogP contribution in [0.5, 0.6) is 5.75 Å². The summed E-state index contributed by atoms with van der Waals surface area (Å²) in [6.07, 6.45) is -5.19. The van der Waals surface area contributed by atoms with E-state index in [1.54, 1.807) is 6.07 Å². The van der Waals surface area contributed by atoms with Crippen molar-refractivity contribution in [3.8, 4) is 11.8 Å². The van der Waals surface area contributed by atoms with Gasteiger partial charge in [0.15, 0.2) is 0 Å². The molecule has 5 nitrogen and oxygen atoms in total. The summed E-state index contributed by atoms with van der Waals surface area (Å²) < 4.78 is 45.0. The molecule has 0 aliphatic carbocycles. The van der Waals surface area contributed by atoms with Crippen LogP contribution in [0.2, 0.25) is 0 Å². The molecule has 0 unspecified atom stereocenters. The lowest BCUT2D eigenvalue weighted by Crippen LogP contribution is -2.19. The number of nitrogens with two attached hydrogens (primary N) is 1. The first-order valence-electron chi connectivity index (χ1n) is 5.39. The Morgan fingerprint density at radius 3 is 2.50 bits per heavy atom. The number of benzene rings is 1. The van der Waals surface area contributed by atoms with E-state index in [1.165, 1.54) is 6.07 Å². The van der Waals surface area contributed by atoms with Crippen LogP contribution in [0.1, 0.15) is 16.7 Å². The molecule has 0 radical (unpaired) electrons. The second kappa shape index (κ2) is 6.25. The molecule has 1 rings (SSSR count). The molecule has 0 atom stereocenters. The van der Waals surface area contributed by atoms with E-state index >= 15 is 0 Å². The Morgan fingerprint density at radius 1 is 1.40 bits per heavy atom. The van der Waals surface area contributed by atoms with Gasteiger partial charge in [0.25, 0.3) is 0 Å². The molecule has 0 aromatic heterocycles. The molecule has 1 aromatic rings. The van der Waals surface area contributed by atoms with E-state index in [4.69, 9.17) is 11.0 Å². The van der Waals surface area contributed by atoms with Crippen molar-refractivity contribution in [3.63, 3.8) is 0 Å². The monoisotopic (exact) mass is 288 g/mol. The Balaban J connectivity index is 3.26. The molecule has 0 aliphatic rings. The minimum absolute atomic E-state index is 0.0344. The minimum atomic E-state index is -4.93. The number of carbonyl (C=O) groups excluding carboxylic acids is 1. The van der Waals surface area contributed by atoms with Gasteiger partial charge in [-0.25, -0.2) is 0 Å². The largest absolute Gasteiger partial charge is 0.573 e. The second-order valence-electron chi connectivity index (χ2n) is 3.73. The van der Waals surface area contributed by atoms with Crippen molar-refractivity contribution in [2.45, 2.75) is 19.3 Å². The van der Waals surface area contributed by atoms with Gasteiger partial charge in [-0.3, -0.25) is 4.79 Å². The number of nitriles is 1. The Morgan fingerprint density at radius 2 is 2.05 bits per heavy atom. The molecular weight excluding hydrogens is 277 g/mol. The highest BCUT2D eigenvalue weighted by Crippen LogP contribution is 2.29. The summed E-state index contributed by atoms with van der Waals surface area (Å²) in [6, 6.07) is 3.73. The van der Waals surface area contributed by atoms with Gasteiger partial charge in [-0.1, -0.05) is 0 Å². The lowest BCUT2D eigenvalue weighted by Gasteiger charge is -2.14. The first-order chi connectivity index (χ1) is 9.30. The first kappa shape index (κ1) is 15.8. The van der Waals surface area contributed by atoms with Crippen LogP contribution in [0.4, 0.5) is 13.2 Å². The number of nitrogens with zero attached hydrogens (tertiary/aromatic N) is 1. The molecule has 0 saturated heterocycles. The quantitative estimate of drug-likeness (QED) is 0.851. The summed E-state index contributed by atoms with van der Waals surface area (Å²) in [5.41, 5.74) is 5.73. The number of rotatable bonds is 4. The van der Waals surface area contributed by atoms with Crippen LogP contribution in [0.3, 0.4) is 0 Å². The number of ether oxygens (including phenoxy) is 2. The number of esters is 1. The summed E-state index contributed by atoms with van der Waals surface area (Å²) in [4.78, 5) is 11.2. The van der Waals surface area contributed by atoms with Crippen molar-refractivity contribution in [1.29, 1.82) is 5.26 Å². The third-order valence-corrected chi connectivity index (χ3v) is 2.43. The Kier molecular flexibility index (Phi) is 4.94. The molecule has 0 amide bonds. The van der Waals surface area contributed by atoms with Gasteiger partial charge in [-0.15, -0.1) is 13.2 Å². The van der Waals surface area contributed by atoms with Gasteiger partial charge in [0.2, 0.25) is 0 Å². The molecule has 0 fully saturated rings. The van der Waals surface area contributed by atoms with Crippen LogP contribution >= 0.6 is 0 Å². The van der Waals surface area contributed by atoms with Crippen molar-refractivity contribution >= 4 is 5.97 Å². The van der Waals surface area contributed by atoms with E-state index in [-0.39, 0.29) is 24.1 Å². The summed E-state index contributed by atoms with van der Waals surface area (Å²) in [5.74, 6) is -1.31. The minimum Gasteiger partial charge on any atom is -0.469 e. The van der Waals surface area contributed by atoms with Crippen molar-refractivity contribution in [1.82, 2.24) is 0 Å². The maximum atomic E-state index is 12.3. The third-order valence-electron chi connectivity index (χ3n) is 2.43. The normalized spacial score (nSPS) is 10.8. The summed E-state index contributed by atoms with van der Waals surface area (Å²) in [7, 11) is 1.15. The van der Waals surface area contributed by atoms with E-state index in [2.05, 4.69) is 9.47 Å². The lowest BCUT2D eigenvalue weighted by atomic mass is 10.0. The number of hydrogen-bond acceptors (Lipinski definition) is 5. The molecule has 1 aromatic carbocycles. The zero-order chi connectivity index (χ0) is 15.3. The highest BCUT2D eigenvalue weighted by Gasteiger charge is 2.32. The van der Waals surface area contributed by atoms with Crippen LogP contribution in [0.15, 0.2) is 12.1 Å². The lowest BCUT2D eigenvalue weighted by molar-refractivity contribution is -0.274. The molecule has 0 bridgehead atoms. The maximum Gasteiger partial charge on any atom is 0.573 e. The smallest absolute Gasteiger partial charge is 0.469 e. The predicted molar refractivity (Wildman–Crippen MR) is 61.5 cm³/mol. The standard InChI is InChI=1S/C12H11F3N2O3/c1-19-11(18)4-7-3-10(20-12(13,14)15)9(6-17)2-8(7)5-16/h2-3H,4-5,16H2,1H3. The van der Waals surface area contributed by atoms with Gasteiger partial charge in [0.1, 0.15) is 11.8 Å². The summed E-state index contributed by atoms with van der Waals surface area (Å²) >= 11 is 0. The van der Waals surface area contributed by atoms with Gasteiger partial charge >= 0.3 is 12.3 Å². The third kappa shape index (κ3) is 4.13. The fourth-order valence-corrected chi connectivity index (χ4v) is 1.55. The van der Waals surface area contributed by atoms with E-state index < -0.39 is 18.1 Å². The zero-order valence-electron chi connectivity index (χ0n) is 10.5. The fraction of sp³-hybridized carbons (Fsp3) is 0.333. The molecule has 0 heterocycles. The van der Waals surface area contributed by atoms with E-state index in [9.17, 15) is 18.0 Å². The number of carbonyl (C=O) groups is 1. The van der Waals surface area contributed by atoms with Crippen LogP contribution in [0.25, 0.3) is 0 Å². The second-order valence-corrected chi connectivity index (χ2v) is 3.73. The van der Waals surface area contributed by atoms with Crippen molar-refractivity contribution in [3.05, 3.63) is 28.8 Å². The van der Waals surface area contributed by atoms with Crippen molar-refractivity contribution < 1.29 is 27.4 Å². The van der Waals surface area contributed by atoms with E-state index in [0.29, 0.717) is 5.56 Å². The zero-order valence-corrected chi connectivity index (χ0v) is 10.5. The average molecular weight is 288 g/mol. The van der Waals surface area contributed by atoms with Gasteiger partial charge in [-0.05, 0) is 23.3 Å². The molecule has 20 heavy (non-hydrogen) atoms. The van der Waals surface area contributed by atoms with Crippen molar-refractivity contribution in [2.24, 2.45) is 5.73 Å². The van der Waals surface area contributed by atoms with Crippen LogP contribution in [-0.4, -0.2) is 19.4 Å². The number of methoxy groups -OCH3 is 1. The fourth-order valence-electron chi connectivity index (χ4n) is 1.55. The number of alkyl halides is 3. The van der Waals surface area contributed by atoms with Crippen molar-refractivity contribution in [2.75, 3.05) is 7.11 Å².